The summed E-state index contributed by atoms with van der Waals surface area (Å²) in [6.45, 7) is 3.97. The SMILES string of the molecule is CC(C)C(CNC(=O)CC1CCCC1)C(=O)O. The third-order valence-corrected chi connectivity index (χ3v) is 3.59. The lowest BCUT2D eigenvalue weighted by Gasteiger charge is -2.17. The summed E-state index contributed by atoms with van der Waals surface area (Å²) >= 11 is 0. The number of amides is 1. The van der Waals surface area contributed by atoms with Crippen LogP contribution in [0.4, 0.5) is 0 Å². The van der Waals surface area contributed by atoms with Crippen molar-refractivity contribution in [2.75, 3.05) is 6.54 Å². The van der Waals surface area contributed by atoms with Crippen molar-refractivity contribution in [3.63, 3.8) is 0 Å². The molecule has 1 saturated carbocycles. The highest BCUT2D eigenvalue weighted by atomic mass is 16.4. The summed E-state index contributed by atoms with van der Waals surface area (Å²) in [4.78, 5) is 22.6. The van der Waals surface area contributed by atoms with Gasteiger partial charge in [-0.05, 0) is 24.7 Å². The number of carbonyl (C=O) groups is 2. The number of carboxylic acids is 1. The molecule has 0 heterocycles. The van der Waals surface area contributed by atoms with Crippen LogP contribution < -0.4 is 5.32 Å². The molecule has 0 aromatic carbocycles. The molecule has 0 saturated heterocycles. The third-order valence-electron chi connectivity index (χ3n) is 3.59. The molecule has 98 valence electrons. The van der Waals surface area contributed by atoms with E-state index in [1.165, 1.54) is 12.8 Å². The minimum atomic E-state index is -0.832. The maximum Gasteiger partial charge on any atom is 0.308 e. The fourth-order valence-electron chi connectivity index (χ4n) is 2.38. The molecule has 1 aliphatic rings. The maximum absolute atomic E-state index is 11.6. The predicted molar refractivity (Wildman–Crippen MR) is 65.5 cm³/mol. The van der Waals surface area contributed by atoms with E-state index in [1.807, 2.05) is 13.8 Å². The third kappa shape index (κ3) is 4.75. The second-order valence-corrected chi connectivity index (χ2v) is 5.35. The van der Waals surface area contributed by atoms with E-state index < -0.39 is 11.9 Å². The number of carboxylic acid groups (broad SMARTS) is 1. The highest BCUT2D eigenvalue weighted by Gasteiger charge is 2.23. The average molecular weight is 241 g/mol. The Morgan fingerprint density at radius 2 is 1.88 bits per heavy atom. The number of hydrogen-bond donors (Lipinski definition) is 2. The quantitative estimate of drug-likeness (QED) is 0.748. The van der Waals surface area contributed by atoms with Crippen molar-refractivity contribution in [1.29, 1.82) is 0 Å². The second-order valence-electron chi connectivity index (χ2n) is 5.35. The first-order valence-corrected chi connectivity index (χ1v) is 6.50. The van der Waals surface area contributed by atoms with Crippen LogP contribution in [-0.2, 0) is 9.59 Å². The molecular formula is C13H23NO3. The van der Waals surface area contributed by atoms with Gasteiger partial charge in [0.1, 0.15) is 0 Å². The molecule has 1 fully saturated rings. The van der Waals surface area contributed by atoms with Crippen molar-refractivity contribution >= 4 is 11.9 Å². The summed E-state index contributed by atoms with van der Waals surface area (Å²) in [6, 6.07) is 0. The van der Waals surface area contributed by atoms with Gasteiger partial charge in [0, 0.05) is 13.0 Å². The van der Waals surface area contributed by atoms with Gasteiger partial charge in [0.2, 0.25) is 5.91 Å². The standard InChI is InChI=1S/C13H23NO3/c1-9(2)11(13(16)17)8-14-12(15)7-10-5-3-4-6-10/h9-11H,3-8H2,1-2H3,(H,14,15)(H,16,17). The Kier molecular flexibility index (Phi) is 5.45. The Balaban J connectivity index is 2.28. The molecule has 4 nitrogen and oxygen atoms in total. The Morgan fingerprint density at radius 3 is 2.35 bits per heavy atom. The van der Waals surface area contributed by atoms with Crippen LogP contribution in [0.1, 0.15) is 46.0 Å². The Labute approximate surface area is 103 Å². The van der Waals surface area contributed by atoms with E-state index >= 15 is 0 Å². The van der Waals surface area contributed by atoms with Gasteiger partial charge in [-0.3, -0.25) is 9.59 Å². The molecule has 1 atom stereocenters. The van der Waals surface area contributed by atoms with Crippen molar-refractivity contribution < 1.29 is 14.7 Å². The first kappa shape index (κ1) is 14.0. The average Bonchev–Trinajstić information content (AvgIpc) is 2.69. The van der Waals surface area contributed by atoms with Crippen molar-refractivity contribution in [1.82, 2.24) is 5.32 Å². The zero-order valence-corrected chi connectivity index (χ0v) is 10.7. The van der Waals surface area contributed by atoms with Gasteiger partial charge in [-0.15, -0.1) is 0 Å². The lowest BCUT2D eigenvalue weighted by Crippen LogP contribution is -2.36. The molecule has 0 bridgehead atoms. The molecule has 1 aliphatic carbocycles. The fourth-order valence-corrected chi connectivity index (χ4v) is 2.38. The van der Waals surface area contributed by atoms with Gasteiger partial charge in [0.15, 0.2) is 0 Å². The van der Waals surface area contributed by atoms with Crippen LogP contribution in [0.3, 0.4) is 0 Å². The van der Waals surface area contributed by atoms with Crippen molar-refractivity contribution in [3.8, 4) is 0 Å². The van der Waals surface area contributed by atoms with Crippen molar-refractivity contribution in [2.24, 2.45) is 17.8 Å². The van der Waals surface area contributed by atoms with Crippen LogP contribution in [0, 0.1) is 17.8 Å². The lowest BCUT2D eigenvalue weighted by molar-refractivity contribution is -0.143. The molecule has 0 radical (unpaired) electrons. The molecule has 17 heavy (non-hydrogen) atoms. The highest BCUT2D eigenvalue weighted by molar-refractivity contribution is 5.77. The molecule has 2 N–H and O–H groups in total. The van der Waals surface area contributed by atoms with E-state index in [9.17, 15) is 9.59 Å². The number of aliphatic carboxylic acids is 1. The summed E-state index contributed by atoms with van der Waals surface area (Å²) in [5.74, 6) is -0.760. The van der Waals surface area contributed by atoms with E-state index in [4.69, 9.17) is 5.11 Å². The van der Waals surface area contributed by atoms with Crippen molar-refractivity contribution in [2.45, 2.75) is 46.0 Å². The topological polar surface area (TPSA) is 66.4 Å². The molecule has 0 aromatic heterocycles. The molecule has 1 amide bonds. The monoisotopic (exact) mass is 241 g/mol. The van der Waals surface area contributed by atoms with Crippen LogP contribution in [0.25, 0.3) is 0 Å². The van der Waals surface area contributed by atoms with Crippen LogP contribution in [-0.4, -0.2) is 23.5 Å². The minimum absolute atomic E-state index is 0.00352. The van der Waals surface area contributed by atoms with E-state index in [-0.39, 0.29) is 18.4 Å². The Hall–Kier alpha value is -1.06. The van der Waals surface area contributed by atoms with Gasteiger partial charge >= 0.3 is 5.97 Å². The smallest absolute Gasteiger partial charge is 0.308 e. The summed E-state index contributed by atoms with van der Waals surface area (Å²) < 4.78 is 0. The number of nitrogens with one attached hydrogen (secondary N) is 1. The number of carbonyl (C=O) groups excluding carboxylic acids is 1. The first-order chi connectivity index (χ1) is 8.00. The summed E-state index contributed by atoms with van der Waals surface area (Å²) in [7, 11) is 0. The van der Waals surface area contributed by atoms with Gasteiger partial charge in [0.25, 0.3) is 0 Å². The number of hydrogen-bond acceptors (Lipinski definition) is 2. The van der Waals surface area contributed by atoms with E-state index in [0.717, 1.165) is 12.8 Å². The van der Waals surface area contributed by atoms with E-state index in [0.29, 0.717) is 12.3 Å². The fraction of sp³-hybridized carbons (Fsp3) is 0.846. The predicted octanol–water partition coefficient (Wildman–Crippen LogP) is 2.04. The molecular weight excluding hydrogens is 218 g/mol. The molecule has 0 aromatic rings. The van der Waals surface area contributed by atoms with Gasteiger partial charge < -0.3 is 10.4 Å². The molecule has 4 heteroatoms. The first-order valence-electron chi connectivity index (χ1n) is 6.50. The molecule has 1 unspecified atom stereocenters. The van der Waals surface area contributed by atoms with Crippen molar-refractivity contribution in [3.05, 3.63) is 0 Å². The lowest BCUT2D eigenvalue weighted by atomic mass is 9.96. The zero-order chi connectivity index (χ0) is 12.8. The van der Waals surface area contributed by atoms with Crippen LogP contribution in [0.2, 0.25) is 0 Å². The van der Waals surface area contributed by atoms with E-state index in [1.54, 1.807) is 0 Å². The largest absolute Gasteiger partial charge is 0.481 e. The summed E-state index contributed by atoms with van der Waals surface area (Å²) in [6.07, 6.45) is 5.29. The molecule has 0 aliphatic heterocycles. The van der Waals surface area contributed by atoms with Crippen LogP contribution in [0.5, 0.6) is 0 Å². The molecule has 1 rings (SSSR count). The van der Waals surface area contributed by atoms with Crippen LogP contribution in [0.15, 0.2) is 0 Å². The minimum Gasteiger partial charge on any atom is -0.481 e. The van der Waals surface area contributed by atoms with Crippen LogP contribution >= 0.6 is 0 Å². The zero-order valence-electron chi connectivity index (χ0n) is 10.7. The summed E-state index contributed by atoms with van der Waals surface area (Å²) in [5.41, 5.74) is 0. The van der Waals surface area contributed by atoms with E-state index in [2.05, 4.69) is 5.32 Å². The molecule has 0 spiro atoms. The Morgan fingerprint density at radius 1 is 1.29 bits per heavy atom. The van der Waals surface area contributed by atoms with Gasteiger partial charge in [0.05, 0.1) is 5.92 Å². The van der Waals surface area contributed by atoms with Gasteiger partial charge in [-0.25, -0.2) is 0 Å². The normalized spacial score (nSPS) is 18.3. The van der Waals surface area contributed by atoms with Gasteiger partial charge in [-0.2, -0.15) is 0 Å². The maximum atomic E-state index is 11.6. The highest BCUT2D eigenvalue weighted by Crippen LogP contribution is 2.27. The van der Waals surface area contributed by atoms with Gasteiger partial charge in [-0.1, -0.05) is 26.7 Å². The second kappa shape index (κ2) is 6.62. The number of rotatable bonds is 6. The Bertz CT molecular complexity index is 270. The summed E-state index contributed by atoms with van der Waals surface area (Å²) in [5, 5.41) is 11.7.